The molecular weight excluding hydrogens is 184 g/mol. The molecule has 1 atom stereocenters. The van der Waals surface area contributed by atoms with Crippen molar-refractivity contribution in [1.82, 2.24) is 4.98 Å². The molecule has 1 unspecified atom stereocenters. The van der Waals surface area contributed by atoms with Gasteiger partial charge in [0.05, 0.1) is 0 Å². The first-order chi connectivity index (χ1) is 7.36. The van der Waals surface area contributed by atoms with Gasteiger partial charge in [0.25, 0.3) is 0 Å². The summed E-state index contributed by atoms with van der Waals surface area (Å²) in [5.41, 5.74) is 8.28. The van der Waals surface area contributed by atoms with Crippen molar-refractivity contribution in [2.75, 3.05) is 0 Å². The molecule has 0 amide bonds. The molecule has 2 aromatic rings. The number of benzene rings is 1. The van der Waals surface area contributed by atoms with Gasteiger partial charge in [-0.15, -0.1) is 0 Å². The predicted octanol–water partition coefficient (Wildman–Crippen LogP) is 2.32. The molecule has 0 fully saturated rings. The molecule has 0 radical (unpaired) electrons. The summed E-state index contributed by atoms with van der Waals surface area (Å²) in [5, 5.41) is 0. The van der Waals surface area contributed by atoms with Crippen molar-refractivity contribution in [3.05, 3.63) is 66.0 Å². The van der Waals surface area contributed by atoms with Gasteiger partial charge in [0.15, 0.2) is 0 Å². The summed E-state index contributed by atoms with van der Waals surface area (Å²) in [6.45, 7) is 0. The van der Waals surface area contributed by atoms with Gasteiger partial charge in [-0.25, -0.2) is 0 Å². The summed E-state index contributed by atoms with van der Waals surface area (Å²) in [6.07, 6.45) is 2.58. The van der Waals surface area contributed by atoms with E-state index in [1.165, 1.54) is 0 Å². The standard InChI is InChI=1S/C13H14N2/c14-13(11-6-2-1-3-7-11)10-12-8-4-5-9-15-12/h1-9,13H,10,14H2. The quantitative estimate of drug-likeness (QED) is 0.822. The molecule has 0 aliphatic carbocycles. The summed E-state index contributed by atoms with van der Waals surface area (Å²) in [4.78, 5) is 4.26. The molecular formula is C13H14N2. The van der Waals surface area contributed by atoms with Gasteiger partial charge >= 0.3 is 0 Å². The number of aromatic nitrogens is 1. The summed E-state index contributed by atoms with van der Waals surface area (Å²) in [5.74, 6) is 0. The van der Waals surface area contributed by atoms with E-state index in [0.717, 1.165) is 17.7 Å². The predicted molar refractivity (Wildman–Crippen MR) is 61.3 cm³/mol. The van der Waals surface area contributed by atoms with Gasteiger partial charge in [-0.05, 0) is 17.7 Å². The van der Waals surface area contributed by atoms with E-state index in [9.17, 15) is 0 Å². The Kier molecular flexibility index (Phi) is 3.10. The molecule has 15 heavy (non-hydrogen) atoms. The minimum Gasteiger partial charge on any atom is -0.324 e. The lowest BCUT2D eigenvalue weighted by molar-refractivity contribution is 0.707. The third kappa shape index (κ3) is 2.64. The highest BCUT2D eigenvalue weighted by atomic mass is 14.7. The molecule has 0 saturated carbocycles. The first-order valence-corrected chi connectivity index (χ1v) is 5.06. The summed E-state index contributed by atoms with van der Waals surface area (Å²) in [7, 11) is 0. The maximum Gasteiger partial charge on any atom is 0.0422 e. The van der Waals surface area contributed by atoms with Gasteiger partial charge in [0.1, 0.15) is 0 Å². The van der Waals surface area contributed by atoms with Crippen LogP contribution in [0.5, 0.6) is 0 Å². The van der Waals surface area contributed by atoms with Crippen LogP contribution in [0, 0.1) is 0 Å². The molecule has 0 saturated heterocycles. The van der Waals surface area contributed by atoms with Gasteiger partial charge < -0.3 is 5.73 Å². The highest BCUT2D eigenvalue weighted by Crippen LogP contribution is 2.13. The minimum atomic E-state index is 0.0288. The van der Waals surface area contributed by atoms with Crippen LogP contribution >= 0.6 is 0 Å². The normalized spacial score (nSPS) is 12.3. The van der Waals surface area contributed by atoms with Crippen molar-refractivity contribution in [1.29, 1.82) is 0 Å². The van der Waals surface area contributed by atoms with Crippen molar-refractivity contribution in [3.8, 4) is 0 Å². The Hall–Kier alpha value is -1.67. The number of hydrogen-bond acceptors (Lipinski definition) is 2. The van der Waals surface area contributed by atoms with E-state index in [2.05, 4.69) is 4.98 Å². The fourth-order valence-electron chi connectivity index (χ4n) is 1.56. The monoisotopic (exact) mass is 198 g/mol. The molecule has 2 rings (SSSR count). The molecule has 1 aromatic carbocycles. The maximum absolute atomic E-state index is 6.09. The number of rotatable bonds is 3. The molecule has 1 aromatic heterocycles. The molecule has 2 nitrogen and oxygen atoms in total. The average molecular weight is 198 g/mol. The largest absolute Gasteiger partial charge is 0.324 e. The van der Waals surface area contributed by atoms with Crippen molar-refractivity contribution in [3.63, 3.8) is 0 Å². The van der Waals surface area contributed by atoms with Gasteiger partial charge in [0.2, 0.25) is 0 Å². The molecule has 1 heterocycles. The van der Waals surface area contributed by atoms with Crippen LogP contribution in [-0.2, 0) is 6.42 Å². The molecule has 0 bridgehead atoms. The third-order valence-electron chi connectivity index (χ3n) is 2.38. The summed E-state index contributed by atoms with van der Waals surface area (Å²) < 4.78 is 0. The van der Waals surface area contributed by atoms with Crippen molar-refractivity contribution in [2.45, 2.75) is 12.5 Å². The van der Waals surface area contributed by atoms with Crippen LogP contribution in [0.3, 0.4) is 0 Å². The van der Waals surface area contributed by atoms with Gasteiger partial charge in [0, 0.05) is 24.4 Å². The number of nitrogens with zero attached hydrogens (tertiary/aromatic N) is 1. The maximum atomic E-state index is 6.09. The molecule has 0 aliphatic rings. The first-order valence-electron chi connectivity index (χ1n) is 5.06. The van der Waals surface area contributed by atoms with Gasteiger partial charge in [-0.1, -0.05) is 36.4 Å². The third-order valence-corrected chi connectivity index (χ3v) is 2.38. The second kappa shape index (κ2) is 4.71. The molecule has 0 aliphatic heterocycles. The van der Waals surface area contributed by atoms with E-state index in [-0.39, 0.29) is 6.04 Å². The lowest BCUT2D eigenvalue weighted by Crippen LogP contribution is -2.13. The topological polar surface area (TPSA) is 38.9 Å². The SMILES string of the molecule is NC(Cc1ccccn1)c1ccccc1. The molecule has 0 spiro atoms. The average Bonchev–Trinajstić information content (AvgIpc) is 2.31. The number of pyridine rings is 1. The Morgan fingerprint density at radius 3 is 2.40 bits per heavy atom. The van der Waals surface area contributed by atoms with Crippen LogP contribution in [-0.4, -0.2) is 4.98 Å². The zero-order chi connectivity index (χ0) is 10.5. The Balaban J connectivity index is 2.08. The van der Waals surface area contributed by atoms with Crippen molar-refractivity contribution < 1.29 is 0 Å². The van der Waals surface area contributed by atoms with Crippen molar-refractivity contribution in [2.24, 2.45) is 5.73 Å². The zero-order valence-corrected chi connectivity index (χ0v) is 8.51. The fraction of sp³-hybridized carbons (Fsp3) is 0.154. The smallest absolute Gasteiger partial charge is 0.0422 e. The lowest BCUT2D eigenvalue weighted by atomic mass is 10.0. The van der Waals surface area contributed by atoms with E-state index in [1.54, 1.807) is 6.20 Å². The van der Waals surface area contributed by atoms with Crippen LogP contribution in [0.15, 0.2) is 54.7 Å². The van der Waals surface area contributed by atoms with Crippen LogP contribution in [0.4, 0.5) is 0 Å². The Morgan fingerprint density at radius 2 is 1.73 bits per heavy atom. The Morgan fingerprint density at radius 1 is 1.00 bits per heavy atom. The summed E-state index contributed by atoms with van der Waals surface area (Å²) >= 11 is 0. The van der Waals surface area contributed by atoms with Crippen molar-refractivity contribution >= 4 is 0 Å². The fourth-order valence-corrected chi connectivity index (χ4v) is 1.56. The van der Waals surface area contributed by atoms with Crippen LogP contribution in [0.1, 0.15) is 17.3 Å². The van der Waals surface area contributed by atoms with E-state index < -0.39 is 0 Å². The van der Waals surface area contributed by atoms with E-state index in [0.29, 0.717) is 0 Å². The van der Waals surface area contributed by atoms with Crippen LogP contribution in [0.2, 0.25) is 0 Å². The zero-order valence-electron chi connectivity index (χ0n) is 8.51. The highest BCUT2D eigenvalue weighted by molar-refractivity contribution is 5.20. The van der Waals surface area contributed by atoms with Gasteiger partial charge in [-0.3, -0.25) is 4.98 Å². The van der Waals surface area contributed by atoms with Crippen LogP contribution in [0.25, 0.3) is 0 Å². The van der Waals surface area contributed by atoms with Crippen LogP contribution < -0.4 is 5.73 Å². The number of hydrogen-bond donors (Lipinski definition) is 1. The summed E-state index contributed by atoms with van der Waals surface area (Å²) in [6, 6.07) is 16.0. The van der Waals surface area contributed by atoms with E-state index >= 15 is 0 Å². The van der Waals surface area contributed by atoms with Gasteiger partial charge in [-0.2, -0.15) is 0 Å². The Bertz CT molecular complexity index is 397. The lowest BCUT2D eigenvalue weighted by Gasteiger charge is -2.10. The second-order valence-corrected chi connectivity index (χ2v) is 3.54. The molecule has 76 valence electrons. The van der Waals surface area contributed by atoms with E-state index in [1.807, 2.05) is 48.5 Å². The first kappa shape index (κ1) is 9.87. The van der Waals surface area contributed by atoms with E-state index in [4.69, 9.17) is 5.73 Å². The molecule has 2 heteroatoms. The minimum absolute atomic E-state index is 0.0288. The number of nitrogens with two attached hydrogens (primary N) is 1. The Labute approximate surface area is 89.8 Å². The molecule has 2 N–H and O–H groups in total. The highest BCUT2D eigenvalue weighted by Gasteiger charge is 2.06. The second-order valence-electron chi connectivity index (χ2n) is 3.54.